The number of carbonyl (C=O) groups is 1. The first-order valence-electron chi connectivity index (χ1n) is 12.0. The monoisotopic (exact) mass is 458 g/mol. The SMILES string of the molecule is Cc1nc2c(N3CCC[C@@H](NC(=O)OC(C)(C)C)C3)nccn2c1NC(C)(C)CC(C)(C)C. The number of rotatable bonds is 5. The number of amides is 1. The van der Waals surface area contributed by atoms with Crippen LogP contribution in [0, 0.1) is 12.3 Å². The van der Waals surface area contributed by atoms with Gasteiger partial charge in [-0.05, 0) is 66.2 Å². The first-order chi connectivity index (χ1) is 15.1. The van der Waals surface area contributed by atoms with E-state index in [1.165, 1.54) is 0 Å². The zero-order valence-corrected chi connectivity index (χ0v) is 21.9. The van der Waals surface area contributed by atoms with Gasteiger partial charge in [-0.15, -0.1) is 0 Å². The maximum absolute atomic E-state index is 12.3. The van der Waals surface area contributed by atoms with Crippen molar-refractivity contribution in [1.29, 1.82) is 0 Å². The molecule has 1 aliphatic heterocycles. The average Bonchev–Trinajstić information content (AvgIpc) is 2.93. The number of fused-ring (bicyclic) bond motifs is 1. The fourth-order valence-corrected chi connectivity index (χ4v) is 4.90. The number of ether oxygens (including phenoxy) is 1. The van der Waals surface area contributed by atoms with Crippen LogP contribution in [0.5, 0.6) is 0 Å². The summed E-state index contributed by atoms with van der Waals surface area (Å²) in [6.45, 7) is 20.5. The van der Waals surface area contributed by atoms with E-state index in [0.29, 0.717) is 6.54 Å². The zero-order chi connectivity index (χ0) is 24.6. The number of aromatic nitrogens is 3. The molecule has 3 heterocycles. The van der Waals surface area contributed by atoms with Crippen molar-refractivity contribution in [2.24, 2.45) is 5.41 Å². The topological polar surface area (TPSA) is 83.8 Å². The van der Waals surface area contributed by atoms with Gasteiger partial charge in [-0.25, -0.2) is 14.8 Å². The minimum absolute atomic E-state index is 0.00929. The number of hydrogen-bond acceptors (Lipinski definition) is 6. The van der Waals surface area contributed by atoms with E-state index in [9.17, 15) is 4.79 Å². The third kappa shape index (κ3) is 6.74. The fourth-order valence-electron chi connectivity index (χ4n) is 4.90. The van der Waals surface area contributed by atoms with Crippen molar-refractivity contribution >= 4 is 23.4 Å². The number of piperidine rings is 1. The van der Waals surface area contributed by atoms with Crippen LogP contribution in [0.1, 0.15) is 80.3 Å². The summed E-state index contributed by atoms with van der Waals surface area (Å²) in [5, 5.41) is 6.76. The fraction of sp³-hybridized carbons (Fsp3) is 0.720. The molecule has 1 saturated heterocycles. The number of aryl methyl sites for hydroxylation is 1. The lowest BCUT2D eigenvalue weighted by molar-refractivity contribution is 0.0500. The molecule has 0 spiro atoms. The van der Waals surface area contributed by atoms with Crippen LogP contribution in [0.15, 0.2) is 12.4 Å². The predicted octanol–water partition coefficient (Wildman–Crippen LogP) is 5.16. The molecule has 2 N–H and O–H groups in total. The van der Waals surface area contributed by atoms with E-state index in [-0.39, 0.29) is 23.1 Å². The third-order valence-electron chi connectivity index (χ3n) is 5.57. The quantitative estimate of drug-likeness (QED) is 0.644. The highest BCUT2D eigenvalue weighted by Gasteiger charge is 2.29. The van der Waals surface area contributed by atoms with Gasteiger partial charge in [0.15, 0.2) is 11.5 Å². The Morgan fingerprint density at radius 3 is 2.52 bits per heavy atom. The van der Waals surface area contributed by atoms with Gasteiger partial charge in [0.05, 0.1) is 5.69 Å². The molecule has 2 aromatic heterocycles. The Morgan fingerprint density at radius 1 is 1.18 bits per heavy atom. The van der Waals surface area contributed by atoms with Crippen LogP contribution in [0.25, 0.3) is 5.65 Å². The van der Waals surface area contributed by atoms with E-state index in [0.717, 1.165) is 48.8 Å². The molecule has 0 unspecified atom stereocenters. The van der Waals surface area contributed by atoms with Crippen LogP contribution in [-0.2, 0) is 4.74 Å². The highest BCUT2D eigenvalue weighted by atomic mass is 16.6. The number of hydrogen-bond donors (Lipinski definition) is 2. The maximum Gasteiger partial charge on any atom is 0.407 e. The summed E-state index contributed by atoms with van der Waals surface area (Å²) in [7, 11) is 0. The van der Waals surface area contributed by atoms with Crippen LogP contribution in [0.4, 0.5) is 16.4 Å². The summed E-state index contributed by atoms with van der Waals surface area (Å²) < 4.78 is 7.55. The minimum Gasteiger partial charge on any atom is -0.444 e. The number of nitrogens with zero attached hydrogens (tertiary/aromatic N) is 4. The van der Waals surface area contributed by atoms with Crippen LogP contribution in [0.3, 0.4) is 0 Å². The molecule has 1 aliphatic rings. The number of anilines is 2. The molecule has 0 aliphatic carbocycles. The molecule has 0 saturated carbocycles. The van der Waals surface area contributed by atoms with Gasteiger partial charge in [0.25, 0.3) is 0 Å². The van der Waals surface area contributed by atoms with Crippen molar-refractivity contribution in [3.63, 3.8) is 0 Å². The van der Waals surface area contributed by atoms with Crippen LogP contribution < -0.4 is 15.5 Å². The zero-order valence-electron chi connectivity index (χ0n) is 21.9. The summed E-state index contributed by atoms with van der Waals surface area (Å²) in [6.07, 6.45) is 6.33. The standard InChI is InChI=1S/C25H42N6O2/c1-17-19(29-25(8,9)16-23(2,3)4)31-14-12-26-20(21(31)27-17)30-13-10-11-18(15-30)28-22(32)33-24(5,6)7/h12,14,18,29H,10-11,13,15-16H2,1-9H3,(H,28,32)/t18-/m1/s1. The Bertz CT molecular complexity index is 983. The lowest BCUT2D eigenvalue weighted by atomic mass is 9.82. The Morgan fingerprint density at radius 2 is 1.88 bits per heavy atom. The van der Waals surface area contributed by atoms with E-state index < -0.39 is 5.60 Å². The van der Waals surface area contributed by atoms with Gasteiger partial charge in [0.2, 0.25) is 0 Å². The second-order valence-electron chi connectivity index (χ2n) is 12.2. The van der Waals surface area contributed by atoms with Crippen molar-refractivity contribution in [1.82, 2.24) is 19.7 Å². The molecule has 0 bridgehead atoms. The molecule has 3 rings (SSSR count). The Labute approximate surface area is 198 Å². The molecule has 2 aromatic rings. The molecule has 0 radical (unpaired) electrons. The average molecular weight is 459 g/mol. The Balaban J connectivity index is 1.82. The van der Waals surface area contributed by atoms with Crippen LogP contribution in [-0.4, -0.2) is 50.7 Å². The van der Waals surface area contributed by atoms with E-state index in [1.54, 1.807) is 0 Å². The lowest BCUT2D eigenvalue weighted by Gasteiger charge is -2.35. The number of nitrogens with one attached hydrogen (secondary N) is 2. The summed E-state index contributed by atoms with van der Waals surface area (Å²) in [5.41, 5.74) is 1.40. The van der Waals surface area contributed by atoms with Gasteiger partial charge >= 0.3 is 6.09 Å². The van der Waals surface area contributed by atoms with Gasteiger partial charge in [-0.2, -0.15) is 0 Å². The highest BCUT2D eigenvalue weighted by molar-refractivity contribution is 5.71. The first-order valence-corrected chi connectivity index (χ1v) is 12.0. The normalized spacial score (nSPS) is 17.8. The van der Waals surface area contributed by atoms with Gasteiger partial charge in [-0.1, -0.05) is 20.8 Å². The lowest BCUT2D eigenvalue weighted by Crippen LogP contribution is -2.49. The second kappa shape index (κ2) is 9.03. The molecule has 8 nitrogen and oxygen atoms in total. The Kier molecular flexibility index (Phi) is 6.87. The molecule has 8 heteroatoms. The smallest absolute Gasteiger partial charge is 0.407 e. The second-order valence-corrected chi connectivity index (χ2v) is 12.2. The maximum atomic E-state index is 12.3. The van der Waals surface area contributed by atoms with Crippen LogP contribution >= 0.6 is 0 Å². The summed E-state index contributed by atoms with van der Waals surface area (Å²) in [5.74, 6) is 1.85. The van der Waals surface area contributed by atoms with E-state index in [2.05, 4.69) is 59.5 Å². The first kappa shape index (κ1) is 25.1. The third-order valence-corrected chi connectivity index (χ3v) is 5.57. The van der Waals surface area contributed by atoms with Crippen molar-refractivity contribution in [2.45, 2.75) is 98.8 Å². The van der Waals surface area contributed by atoms with Crippen LogP contribution in [0.2, 0.25) is 0 Å². The molecule has 1 amide bonds. The van der Waals surface area contributed by atoms with Gasteiger partial charge in [-0.3, -0.25) is 4.40 Å². The van der Waals surface area contributed by atoms with E-state index in [1.807, 2.05) is 40.1 Å². The molecular weight excluding hydrogens is 416 g/mol. The molecule has 1 atom stereocenters. The Hall–Kier alpha value is -2.51. The van der Waals surface area contributed by atoms with Gasteiger partial charge in [0.1, 0.15) is 11.4 Å². The van der Waals surface area contributed by atoms with Crippen molar-refractivity contribution in [3.8, 4) is 0 Å². The highest BCUT2D eigenvalue weighted by Crippen LogP contribution is 2.32. The van der Waals surface area contributed by atoms with E-state index >= 15 is 0 Å². The summed E-state index contributed by atoms with van der Waals surface area (Å²) in [4.78, 5) is 24.1. The van der Waals surface area contributed by atoms with Crippen molar-refractivity contribution in [3.05, 3.63) is 18.1 Å². The molecule has 0 aromatic carbocycles. The van der Waals surface area contributed by atoms with Gasteiger partial charge < -0.3 is 20.3 Å². The molecular formula is C25H42N6O2. The van der Waals surface area contributed by atoms with Crippen molar-refractivity contribution < 1.29 is 9.53 Å². The summed E-state index contributed by atoms with van der Waals surface area (Å²) >= 11 is 0. The molecule has 33 heavy (non-hydrogen) atoms. The predicted molar refractivity (Wildman–Crippen MR) is 134 cm³/mol. The van der Waals surface area contributed by atoms with E-state index in [4.69, 9.17) is 9.72 Å². The van der Waals surface area contributed by atoms with Crippen molar-refractivity contribution in [2.75, 3.05) is 23.3 Å². The minimum atomic E-state index is -0.511. The summed E-state index contributed by atoms with van der Waals surface area (Å²) in [6, 6.07) is 0.00929. The number of imidazole rings is 1. The molecule has 1 fully saturated rings. The van der Waals surface area contributed by atoms with Gasteiger partial charge in [0, 0.05) is 37.1 Å². The largest absolute Gasteiger partial charge is 0.444 e. The number of carbonyl (C=O) groups excluding carboxylic acids is 1. The molecule has 184 valence electrons. The number of alkyl carbamates (subject to hydrolysis) is 1.